The van der Waals surface area contributed by atoms with E-state index in [4.69, 9.17) is 0 Å². The number of hydrogen-bond donors (Lipinski definition) is 1. The van der Waals surface area contributed by atoms with Crippen molar-refractivity contribution in [2.75, 3.05) is 11.6 Å². The van der Waals surface area contributed by atoms with Crippen molar-refractivity contribution in [2.45, 2.75) is 34.0 Å². The van der Waals surface area contributed by atoms with Crippen LogP contribution >= 0.6 is 34.9 Å². The highest BCUT2D eigenvalue weighted by Gasteiger charge is 2.34. The third kappa shape index (κ3) is 5.35. The standard InChI is InChI=1S/C15H16F3N3OS3/c1-8(2)11(24-14-21-20-13(23-3)25-14)12(22)19-10-7-5-4-6-9(10)15(16,17)18/h4-8,11H,1-3H3,(H,19,22). The van der Waals surface area contributed by atoms with Gasteiger partial charge in [-0.15, -0.1) is 10.2 Å². The number of alkyl halides is 3. The summed E-state index contributed by atoms with van der Waals surface area (Å²) in [6.07, 6.45) is -2.66. The van der Waals surface area contributed by atoms with E-state index in [1.165, 1.54) is 53.1 Å². The molecule has 25 heavy (non-hydrogen) atoms. The Kier molecular flexibility index (Phi) is 6.75. The van der Waals surface area contributed by atoms with E-state index in [2.05, 4.69) is 15.5 Å². The molecule has 1 heterocycles. The minimum Gasteiger partial charge on any atom is -0.325 e. The predicted octanol–water partition coefficient (Wildman–Crippen LogP) is 5.03. The van der Waals surface area contributed by atoms with Crippen LogP contribution in [-0.4, -0.2) is 27.6 Å². The highest BCUT2D eigenvalue weighted by molar-refractivity contribution is 8.03. The molecule has 1 N–H and O–H groups in total. The van der Waals surface area contributed by atoms with E-state index in [-0.39, 0.29) is 11.6 Å². The molecule has 0 spiro atoms. The van der Waals surface area contributed by atoms with Gasteiger partial charge in [-0.1, -0.05) is 60.8 Å². The number of thioether (sulfide) groups is 2. The topological polar surface area (TPSA) is 54.9 Å². The maximum absolute atomic E-state index is 13.1. The van der Waals surface area contributed by atoms with E-state index in [1.807, 2.05) is 20.1 Å². The number of nitrogens with zero attached hydrogens (tertiary/aromatic N) is 2. The lowest BCUT2D eigenvalue weighted by atomic mass is 10.1. The van der Waals surface area contributed by atoms with Crippen LogP contribution in [0.4, 0.5) is 18.9 Å². The lowest BCUT2D eigenvalue weighted by Crippen LogP contribution is -2.30. The monoisotopic (exact) mass is 407 g/mol. The largest absolute Gasteiger partial charge is 0.418 e. The van der Waals surface area contributed by atoms with Crippen molar-refractivity contribution < 1.29 is 18.0 Å². The Balaban J connectivity index is 2.19. The Morgan fingerprint density at radius 1 is 1.20 bits per heavy atom. The molecule has 0 aliphatic rings. The fraction of sp³-hybridized carbons (Fsp3) is 0.400. The molecular formula is C15H16F3N3OS3. The number of carbonyl (C=O) groups excluding carboxylic acids is 1. The van der Waals surface area contributed by atoms with E-state index >= 15 is 0 Å². The van der Waals surface area contributed by atoms with E-state index in [0.29, 0.717) is 4.34 Å². The number of amides is 1. The van der Waals surface area contributed by atoms with E-state index in [0.717, 1.165) is 10.4 Å². The lowest BCUT2D eigenvalue weighted by Gasteiger charge is -2.20. The molecule has 1 aromatic carbocycles. The molecule has 1 unspecified atom stereocenters. The zero-order chi connectivity index (χ0) is 18.6. The molecule has 4 nitrogen and oxygen atoms in total. The van der Waals surface area contributed by atoms with Gasteiger partial charge in [-0.25, -0.2) is 0 Å². The molecule has 2 rings (SSSR count). The minimum absolute atomic E-state index is 0.0929. The van der Waals surface area contributed by atoms with Gasteiger partial charge in [0, 0.05) is 0 Å². The van der Waals surface area contributed by atoms with Gasteiger partial charge in [0.05, 0.1) is 16.5 Å². The number of rotatable bonds is 6. The fourth-order valence-corrected chi connectivity index (χ4v) is 4.62. The number of benzene rings is 1. The molecule has 10 heteroatoms. The average molecular weight is 408 g/mol. The summed E-state index contributed by atoms with van der Waals surface area (Å²) in [5.74, 6) is -0.581. The first kappa shape index (κ1) is 20.1. The molecule has 0 saturated heterocycles. The summed E-state index contributed by atoms with van der Waals surface area (Å²) >= 11 is 4.01. The second kappa shape index (κ2) is 8.41. The highest BCUT2D eigenvalue weighted by atomic mass is 32.2. The number of halogens is 3. The third-order valence-corrected chi connectivity index (χ3v) is 6.67. The van der Waals surface area contributed by atoms with Crippen LogP contribution < -0.4 is 5.32 Å². The van der Waals surface area contributed by atoms with Gasteiger partial charge < -0.3 is 5.32 Å². The molecule has 0 bridgehead atoms. The Bertz CT molecular complexity index is 734. The Morgan fingerprint density at radius 3 is 2.40 bits per heavy atom. The van der Waals surface area contributed by atoms with Gasteiger partial charge in [-0.3, -0.25) is 4.79 Å². The van der Waals surface area contributed by atoms with Crippen LogP contribution in [0.15, 0.2) is 32.9 Å². The first-order valence-electron chi connectivity index (χ1n) is 7.23. The van der Waals surface area contributed by atoms with Gasteiger partial charge in [0.25, 0.3) is 0 Å². The zero-order valence-electron chi connectivity index (χ0n) is 13.6. The average Bonchev–Trinajstić information content (AvgIpc) is 2.99. The van der Waals surface area contributed by atoms with Crippen molar-refractivity contribution in [1.29, 1.82) is 0 Å². The summed E-state index contributed by atoms with van der Waals surface area (Å²) in [4.78, 5) is 12.6. The predicted molar refractivity (Wildman–Crippen MR) is 96.2 cm³/mol. The van der Waals surface area contributed by atoms with Crippen LogP contribution in [0.3, 0.4) is 0 Å². The van der Waals surface area contributed by atoms with Crippen LogP contribution in [0, 0.1) is 5.92 Å². The second-order valence-electron chi connectivity index (χ2n) is 5.35. The van der Waals surface area contributed by atoms with Crippen LogP contribution in [0.25, 0.3) is 0 Å². The summed E-state index contributed by atoms with van der Waals surface area (Å²) < 4.78 is 40.6. The number of aromatic nitrogens is 2. The van der Waals surface area contributed by atoms with Crippen molar-refractivity contribution in [2.24, 2.45) is 5.92 Å². The molecule has 1 atom stereocenters. The molecular weight excluding hydrogens is 391 g/mol. The van der Waals surface area contributed by atoms with Crippen molar-refractivity contribution in [3.63, 3.8) is 0 Å². The highest BCUT2D eigenvalue weighted by Crippen LogP contribution is 2.36. The quantitative estimate of drug-likeness (QED) is 0.681. The van der Waals surface area contributed by atoms with E-state index in [1.54, 1.807) is 0 Å². The summed E-state index contributed by atoms with van der Waals surface area (Å²) in [5, 5.41) is 9.80. The first-order chi connectivity index (χ1) is 11.7. The summed E-state index contributed by atoms with van der Waals surface area (Å²) in [7, 11) is 0. The Morgan fingerprint density at radius 2 is 1.84 bits per heavy atom. The van der Waals surface area contributed by atoms with E-state index in [9.17, 15) is 18.0 Å². The Hall–Kier alpha value is -1.26. The number of para-hydroxylation sites is 1. The van der Waals surface area contributed by atoms with Crippen LogP contribution in [0.1, 0.15) is 19.4 Å². The fourth-order valence-electron chi connectivity index (χ4n) is 1.97. The number of anilines is 1. The second-order valence-corrected chi connectivity index (χ2v) is 8.77. The van der Waals surface area contributed by atoms with Crippen molar-refractivity contribution in [3.8, 4) is 0 Å². The SMILES string of the molecule is CSc1nnc(SC(C(=O)Nc2ccccc2C(F)(F)F)C(C)C)s1. The molecule has 1 amide bonds. The molecule has 136 valence electrons. The number of carbonyl (C=O) groups is 1. The van der Waals surface area contributed by atoms with Gasteiger partial charge >= 0.3 is 6.18 Å². The summed E-state index contributed by atoms with van der Waals surface area (Å²) in [6, 6.07) is 4.94. The van der Waals surface area contributed by atoms with Crippen molar-refractivity contribution in [1.82, 2.24) is 10.2 Å². The smallest absolute Gasteiger partial charge is 0.325 e. The molecule has 0 radical (unpaired) electrons. The molecule has 0 aliphatic heterocycles. The van der Waals surface area contributed by atoms with Gasteiger partial charge in [0.1, 0.15) is 0 Å². The maximum Gasteiger partial charge on any atom is 0.418 e. The van der Waals surface area contributed by atoms with Gasteiger partial charge in [0.15, 0.2) is 8.68 Å². The summed E-state index contributed by atoms with van der Waals surface area (Å²) in [5.41, 5.74) is -1.11. The van der Waals surface area contributed by atoms with Crippen LogP contribution in [0.2, 0.25) is 0 Å². The maximum atomic E-state index is 13.1. The molecule has 2 aromatic rings. The van der Waals surface area contributed by atoms with Crippen LogP contribution in [-0.2, 0) is 11.0 Å². The normalized spacial score (nSPS) is 13.1. The number of nitrogens with one attached hydrogen (secondary N) is 1. The van der Waals surface area contributed by atoms with Gasteiger partial charge in [0.2, 0.25) is 5.91 Å². The third-order valence-electron chi connectivity index (χ3n) is 3.14. The van der Waals surface area contributed by atoms with Gasteiger partial charge in [-0.2, -0.15) is 13.2 Å². The van der Waals surface area contributed by atoms with Gasteiger partial charge in [-0.05, 0) is 24.3 Å². The van der Waals surface area contributed by atoms with Crippen molar-refractivity contribution in [3.05, 3.63) is 29.8 Å². The first-order valence-corrected chi connectivity index (χ1v) is 10.2. The number of hydrogen-bond acceptors (Lipinski definition) is 6. The molecule has 0 aliphatic carbocycles. The molecule has 0 saturated carbocycles. The minimum atomic E-state index is -4.53. The zero-order valence-corrected chi connectivity index (χ0v) is 16.1. The lowest BCUT2D eigenvalue weighted by molar-refractivity contribution is -0.137. The van der Waals surface area contributed by atoms with E-state index < -0.39 is 22.9 Å². The molecule has 0 fully saturated rings. The van der Waals surface area contributed by atoms with Crippen LogP contribution in [0.5, 0.6) is 0 Å². The summed E-state index contributed by atoms with van der Waals surface area (Å²) in [6.45, 7) is 3.67. The Labute approximate surface area is 156 Å². The van der Waals surface area contributed by atoms with Crippen molar-refractivity contribution >= 4 is 46.5 Å². The molecule has 1 aromatic heterocycles.